The van der Waals surface area contributed by atoms with Crippen molar-refractivity contribution < 1.29 is 9.90 Å². The summed E-state index contributed by atoms with van der Waals surface area (Å²) >= 11 is 3.28. The van der Waals surface area contributed by atoms with Gasteiger partial charge in [0.1, 0.15) is 0 Å². The lowest BCUT2D eigenvalue weighted by Gasteiger charge is -2.16. The van der Waals surface area contributed by atoms with Crippen LogP contribution in [0.1, 0.15) is 19.4 Å². The highest BCUT2D eigenvalue weighted by Crippen LogP contribution is 2.26. The van der Waals surface area contributed by atoms with Crippen molar-refractivity contribution in [1.82, 2.24) is 14.6 Å². The van der Waals surface area contributed by atoms with Crippen LogP contribution >= 0.6 is 15.9 Å². The first-order valence-corrected chi connectivity index (χ1v) is 5.45. The molecule has 2 rings (SSSR count). The van der Waals surface area contributed by atoms with E-state index in [0.29, 0.717) is 11.2 Å². The van der Waals surface area contributed by atoms with Crippen LogP contribution in [0.15, 0.2) is 23.1 Å². The Balaban J connectivity index is 2.67. The van der Waals surface area contributed by atoms with E-state index in [1.165, 1.54) is 0 Å². The summed E-state index contributed by atoms with van der Waals surface area (Å²) in [5.74, 6) is -0.896. The van der Waals surface area contributed by atoms with Crippen molar-refractivity contribution in [2.45, 2.75) is 19.3 Å². The van der Waals surface area contributed by atoms with Crippen LogP contribution in [-0.4, -0.2) is 25.7 Å². The van der Waals surface area contributed by atoms with E-state index >= 15 is 0 Å². The van der Waals surface area contributed by atoms with Crippen molar-refractivity contribution in [3.63, 3.8) is 0 Å². The molecule has 0 unspecified atom stereocenters. The molecule has 2 heterocycles. The lowest BCUT2D eigenvalue weighted by Crippen LogP contribution is -2.28. The van der Waals surface area contributed by atoms with Crippen molar-refractivity contribution in [3.8, 4) is 0 Å². The van der Waals surface area contributed by atoms with Crippen LogP contribution in [0.2, 0.25) is 0 Å². The lowest BCUT2D eigenvalue weighted by molar-refractivity contribution is -0.142. The Bertz CT molecular complexity index is 562. The molecule has 0 radical (unpaired) electrons. The quantitative estimate of drug-likeness (QED) is 0.914. The van der Waals surface area contributed by atoms with Crippen molar-refractivity contribution in [2.24, 2.45) is 0 Å². The molecule has 0 atom stereocenters. The summed E-state index contributed by atoms with van der Waals surface area (Å²) in [4.78, 5) is 15.3. The zero-order valence-electron chi connectivity index (χ0n) is 8.81. The van der Waals surface area contributed by atoms with Crippen molar-refractivity contribution >= 4 is 27.5 Å². The Morgan fingerprint density at radius 1 is 1.50 bits per heavy atom. The van der Waals surface area contributed by atoms with E-state index in [2.05, 4.69) is 26.0 Å². The van der Waals surface area contributed by atoms with E-state index < -0.39 is 11.4 Å². The van der Waals surface area contributed by atoms with E-state index in [-0.39, 0.29) is 0 Å². The maximum Gasteiger partial charge on any atom is 0.313 e. The highest BCUT2D eigenvalue weighted by Gasteiger charge is 2.33. The molecule has 0 aliphatic heterocycles. The van der Waals surface area contributed by atoms with Gasteiger partial charge in [0, 0.05) is 18.0 Å². The van der Waals surface area contributed by atoms with Crippen LogP contribution in [-0.2, 0) is 10.2 Å². The smallest absolute Gasteiger partial charge is 0.313 e. The number of carboxylic acid groups (broad SMARTS) is 1. The molecule has 2 aromatic rings. The monoisotopic (exact) mass is 283 g/mol. The second kappa shape index (κ2) is 3.55. The van der Waals surface area contributed by atoms with Crippen molar-refractivity contribution in [1.29, 1.82) is 0 Å². The molecule has 0 saturated heterocycles. The Kier molecular flexibility index (Phi) is 2.46. The molecule has 0 amide bonds. The second-order valence-electron chi connectivity index (χ2n) is 4.03. The minimum Gasteiger partial charge on any atom is -0.481 e. The third kappa shape index (κ3) is 1.59. The zero-order valence-corrected chi connectivity index (χ0v) is 10.4. The summed E-state index contributed by atoms with van der Waals surface area (Å²) in [5.41, 5.74) is 0.172. The summed E-state index contributed by atoms with van der Waals surface area (Å²) in [7, 11) is 0. The van der Waals surface area contributed by atoms with Crippen LogP contribution in [0.5, 0.6) is 0 Å². The predicted molar refractivity (Wildman–Crippen MR) is 61.3 cm³/mol. The van der Waals surface area contributed by atoms with Crippen LogP contribution in [0, 0.1) is 0 Å². The topological polar surface area (TPSA) is 67.5 Å². The van der Waals surface area contributed by atoms with Crippen molar-refractivity contribution in [3.05, 3.63) is 28.6 Å². The van der Waals surface area contributed by atoms with E-state index in [9.17, 15) is 4.79 Å². The molecule has 1 N–H and O–H groups in total. The summed E-state index contributed by atoms with van der Waals surface area (Å²) in [6, 6.07) is 0. The fourth-order valence-corrected chi connectivity index (χ4v) is 1.70. The Morgan fingerprint density at radius 2 is 2.19 bits per heavy atom. The second-order valence-corrected chi connectivity index (χ2v) is 4.94. The number of nitrogens with zero attached hydrogens (tertiary/aromatic N) is 3. The van der Waals surface area contributed by atoms with E-state index in [4.69, 9.17) is 5.11 Å². The summed E-state index contributed by atoms with van der Waals surface area (Å²) in [6.45, 7) is 3.27. The van der Waals surface area contributed by atoms with Crippen LogP contribution < -0.4 is 0 Å². The standard InChI is InChI=1S/C10H10BrN3O2/c1-10(2,9(15)16)7-4-13-14-5-6(11)3-12-8(7)14/h3-5H,1-2H3,(H,15,16). The predicted octanol–water partition coefficient (Wildman–Crippen LogP) is 1.85. The van der Waals surface area contributed by atoms with Gasteiger partial charge in [-0.15, -0.1) is 0 Å². The van der Waals surface area contributed by atoms with Crippen molar-refractivity contribution in [2.75, 3.05) is 0 Å². The van der Waals surface area contributed by atoms with Gasteiger partial charge >= 0.3 is 5.97 Å². The maximum atomic E-state index is 11.2. The van der Waals surface area contributed by atoms with Crippen LogP contribution in [0.3, 0.4) is 0 Å². The van der Waals surface area contributed by atoms with Crippen LogP contribution in [0.4, 0.5) is 0 Å². The first-order chi connectivity index (χ1) is 7.43. The molecule has 0 fully saturated rings. The molecule has 84 valence electrons. The third-order valence-corrected chi connectivity index (χ3v) is 2.94. The SMILES string of the molecule is CC(C)(C(=O)O)c1cnn2cc(Br)cnc12. The fraction of sp³-hybridized carbons (Fsp3) is 0.300. The van der Waals surface area contributed by atoms with Gasteiger partial charge in [0.05, 0.1) is 16.1 Å². The number of rotatable bonds is 2. The normalized spacial score (nSPS) is 11.9. The fourth-order valence-electron chi connectivity index (χ4n) is 1.41. The highest BCUT2D eigenvalue weighted by molar-refractivity contribution is 9.10. The summed E-state index contributed by atoms with van der Waals surface area (Å²) in [6.07, 6.45) is 4.91. The molecule has 0 saturated carbocycles. The molecule has 2 aromatic heterocycles. The molecule has 0 aliphatic rings. The number of fused-ring (bicyclic) bond motifs is 1. The van der Waals surface area contributed by atoms with E-state index in [1.54, 1.807) is 37.0 Å². The number of halogens is 1. The Morgan fingerprint density at radius 3 is 2.81 bits per heavy atom. The highest BCUT2D eigenvalue weighted by atomic mass is 79.9. The number of hydrogen-bond acceptors (Lipinski definition) is 3. The van der Waals surface area contributed by atoms with Gasteiger partial charge in [-0.3, -0.25) is 4.79 Å². The minimum absolute atomic E-state index is 0.565. The first-order valence-electron chi connectivity index (χ1n) is 4.65. The van der Waals surface area contributed by atoms with Gasteiger partial charge in [-0.25, -0.2) is 9.50 Å². The largest absolute Gasteiger partial charge is 0.481 e. The zero-order chi connectivity index (χ0) is 11.9. The van der Waals surface area contributed by atoms with Gasteiger partial charge in [-0.2, -0.15) is 5.10 Å². The van der Waals surface area contributed by atoms with E-state index in [1.807, 2.05) is 0 Å². The molecule has 0 bridgehead atoms. The lowest BCUT2D eigenvalue weighted by atomic mass is 9.87. The number of aromatic nitrogens is 3. The molecular formula is C10H10BrN3O2. The molecule has 0 aliphatic carbocycles. The van der Waals surface area contributed by atoms with Crippen LogP contribution in [0.25, 0.3) is 5.65 Å². The first kappa shape index (κ1) is 11.1. The minimum atomic E-state index is -0.997. The Labute approximate surface area is 100 Å². The number of carbonyl (C=O) groups is 1. The maximum absolute atomic E-state index is 11.2. The Hall–Kier alpha value is -1.43. The molecule has 5 nitrogen and oxygen atoms in total. The van der Waals surface area contributed by atoms with E-state index in [0.717, 1.165) is 4.47 Å². The van der Waals surface area contributed by atoms with Gasteiger partial charge in [-0.05, 0) is 29.8 Å². The van der Waals surface area contributed by atoms with Gasteiger partial charge in [0.15, 0.2) is 5.65 Å². The molecule has 6 heteroatoms. The average Bonchev–Trinajstić information content (AvgIpc) is 2.60. The van der Waals surface area contributed by atoms with Gasteiger partial charge < -0.3 is 5.11 Å². The van der Waals surface area contributed by atoms with Gasteiger partial charge in [0.2, 0.25) is 0 Å². The molecule has 0 spiro atoms. The average molecular weight is 284 g/mol. The summed E-state index contributed by atoms with van der Waals surface area (Å²) < 4.78 is 2.35. The van der Waals surface area contributed by atoms with Gasteiger partial charge in [0.25, 0.3) is 0 Å². The molecule has 16 heavy (non-hydrogen) atoms. The number of hydrogen-bond donors (Lipinski definition) is 1. The summed E-state index contributed by atoms with van der Waals surface area (Å²) in [5, 5.41) is 13.2. The van der Waals surface area contributed by atoms with Gasteiger partial charge in [-0.1, -0.05) is 0 Å². The number of aliphatic carboxylic acids is 1. The number of carboxylic acids is 1. The molecule has 0 aromatic carbocycles. The molecular weight excluding hydrogens is 274 g/mol. The third-order valence-electron chi connectivity index (χ3n) is 2.53.